The highest BCUT2D eigenvalue weighted by Crippen LogP contribution is 2.31. The maximum Gasteiger partial charge on any atom is 0.417 e. The van der Waals surface area contributed by atoms with E-state index in [1.54, 1.807) is 6.20 Å². The van der Waals surface area contributed by atoms with E-state index in [4.69, 9.17) is 11.6 Å². The lowest BCUT2D eigenvalue weighted by atomic mass is 9.88. The first-order valence-corrected chi connectivity index (χ1v) is 12.7. The molecule has 0 bridgehead atoms. The van der Waals surface area contributed by atoms with Crippen molar-refractivity contribution in [3.63, 3.8) is 0 Å². The summed E-state index contributed by atoms with van der Waals surface area (Å²) in [5, 5.41) is 6.06. The summed E-state index contributed by atoms with van der Waals surface area (Å²) in [6, 6.07) is 3.13. The number of alkyl halides is 3. The SMILES string of the molecule is CC(NC(=O)C1CCCCC1)c1cnc(C2=CCN(C(=O)Nc3ccc(C(F)(F)F)cn3)CC2)c(Cl)c1. The first-order chi connectivity index (χ1) is 17.6. The number of carbonyl (C=O) groups is 2. The average molecular weight is 536 g/mol. The van der Waals surface area contributed by atoms with Crippen LogP contribution >= 0.6 is 11.6 Å². The summed E-state index contributed by atoms with van der Waals surface area (Å²) in [6.07, 6.45) is 5.50. The number of hydrogen-bond donors (Lipinski definition) is 2. The van der Waals surface area contributed by atoms with Crippen molar-refractivity contribution in [1.82, 2.24) is 20.2 Å². The zero-order valence-corrected chi connectivity index (χ0v) is 21.2. The number of hydrogen-bond acceptors (Lipinski definition) is 4. The molecule has 7 nitrogen and oxygen atoms in total. The molecular weight excluding hydrogens is 507 g/mol. The maximum atomic E-state index is 12.7. The number of carbonyl (C=O) groups excluding carboxylic acids is 2. The number of anilines is 1. The summed E-state index contributed by atoms with van der Waals surface area (Å²) in [5.74, 6) is 0.187. The molecule has 1 fully saturated rings. The fourth-order valence-electron chi connectivity index (χ4n) is 4.60. The minimum atomic E-state index is -4.49. The number of rotatable bonds is 5. The topological polar surface area (TPSA) is 87.2 Å². The molecule has 0 saturated heterocycles. The van der Waals surface area contributed by atoms with E-state index in [1.165, 1.54) is 11.3 Å². The van der Waals surface area contributed by atoms with Crippen molar-refractivity contribution in [2.24, 2.45) is 5.92 Å². The van der Waals surface area contributed by atoms with E-state index in [2.05, 4.69) is 20.6 Å². The predicted octanol–water partition coefficient (Wildman–Crippen LogP) is 6.23. The van der Waals surface area contributed by atoms with E-state index >= 15 is 0 Å². The smallest absolute Gasteiger partial charge is 0.349 e. The highest BCUT2D eigenvalue weighted by molar-refractivity contribution is 6.32. The Morgan fingerprint density at radius 3 is 2.49 bits per heavy atom. The van der Waals surface area contributed by atoms with Crippen LogP contribution in [0.5, 0.6) is 0 Å². The van der Waals surface area contributed by atoms with Crippen molar-refractivity contribution in [2.45, 2.75) is 57.7 Å². The van der Waals surface area contributed by atoms with E-state index in [9.17, 15) is 22.8 Å². The van der Waals surface area contributed by atoms with Crippen LogP contribution in [0.1, 0.15) is 68.3 Å². The zero-order valence-electron chi connectivity index (χ0n) is 20.4. The Morgan fingerprint density at radius 2 is 1.89 bits per heavy atom. The summed E-state index contributed by atoms with van der Waals surface area (Å²) < 4.78 is 38.1. The van der Waals surface area contributed by atoms with Crippen LogP contribution in [-0.4, -0.2) is 39.9 Å². The lowest BCUT2D eigenvalue weighted by molar-refractivity contribution is -0.137. The van der Waals surface area contributed by atoms with Gasteiger partial charge in [0.1, 0.15) is 5.82 Å². The van der Waals surface area contributed by atoms with Gasteiger partial charge in [0.05, 0.1) is 22.3 Å². The van der Waals surface area contributed by atoms with Gasteiger partial charge in [-0.05, 0) is 55.5 Å². The Balaban J connectivity index is 1.33. The minimum absolute atomic E-state index is 0.0396. The molecule has 0 radical (unpaired) electrons. The van der Waals surface area contributed by atoms with Gasteiger partial charge in [0.25, 0.3) is 0 Å². The van der Waals surface area contributed by atoms with Gasteiger partial charge < -0.3 is 10.2 Å². The molecule has 1 atom stereocenters. The van der Waals surface area contributed by atoms with Crippen LogP contribution in [-0.2, 0) is 11.0 Å². The van der Waals surface area contributed by atoms with E-state index < -0.39 is 17.8 Å². The van der Waals surface area contributed by atoms with Crippen LogP contribution in [0.3, 0.4) is 0 Å². The minimum Gasteiger partial charge on any atom is -0.349 e. The van der Waals surface area contributed by atoms with Crippen molar-refractivity contribution >= 4 is 34.9 Å². The van der Waals surface area contributed by atoms with Crippen LogP contribution in [0.15, 0.2) is 36.7 Å². The molecule has 1 aliphatic heterocycles. The Kier molecular flexibility index (Phi) is 8.36. The molecule has 198 valence electrons. The monoisotopic (exact) mass is 535 g/mol. The number of amides is 3. The molecule has 2 N–H and O–H groups in total. The highest BCUT2D eigenvalue weighted by atomic mass is 35.5. The lowest BCUT2D eigenvalue weighted by Gasteiger charge is -2.27. The second kappa shape index (κ2) is 11.5. The van der Waals surface area contributed by atoms with Crippen LogP contribution in [0.2, 0.25) is 5.02 Å². The zero-order chi connectivity index (χ0) is 26.6. The molecule has 3 amide bonds. The molecule has 3 heterocycles. The first-order valence-electron chi connectivity index (χ1n) is 12.4. The Labute approximate surface area is 218 Å². The van der Waals surface area contributed by atoms with Gasteiger partial charge in [0.15, 0.2) is 0 Å². The van der Waals surface area contributed by atoms with E-state index in [-0.39, 0.29) is 30.2 Å². The van der Waals surface area contributed by atoms with Gasteiger partial charge in [-0.15, -0.1) is 0 Å². The van der Waals surface area contributed by atoms with E-state index in [0.29, 0.717) is 29.9 Å². The van der Waals surface area contributed by atoms with Gasteiger partial charge >= 0.3 is 12.2 Å². The summed E-state index contributed by atoms with van der Waals surface area (Å²) in [5.41, 5.74) is 1.46. The number of pyridine rings is 2. The number of halogens is 4. The van der Waals surface area contributed by atoms with Gasteiger partial charge in [-0.25, -0.2) is 9.78 Å². The predicted molar refractivity (Wildman–Crippen MR) is 135 cm³/mol. The lowest BCUT2D eigenvalue weighted by Crippen LogP contribution is -2.38. The normalized spacial score (nSPS) is 17.6. The molecule has 11 heteroatoms. The molecule has 0 aromatic carbocycles. The van der Waals surface area contributed by atoms with Crippen LogP contribution in [0.4, 0.5) is 23.8 Å². The summed E-state index contributed by atoms with van der Waals surface area (Å²) in [6.45, 7) is 2.58. The highest BCUT2D eigenvalue weighted by Gasteiger charge is 2.31. The molecule has 37 heavy (non-hydrogen) atoms. The third kappa shape index (κ3) is 6.80. The summed E-state index contributed by atoms with van der Waals surface area (Å²) in [7, 11) is 0. The Hall–Kier alpha value is -3.14. The quantitative estimate of drug-likeness (QED) is 0.475. The van der Waals surface area contributed by atoms with Crippen LogP contribution in [0.25, 0.3) is 5.57 Å². The van der Waals surface area contributed by atoms with Crippen molar-refractivity contribution in [3.8, 4) is 0 Å². The fraction of sp³-hybridized carbons (Fsp3) is 0.462. The largest absolute Gasteiger partial charge is 0.417 e. The van der Waals surface area contributed by atoms with Crippen molar-refractivity contribution in [2.75, 3.05) is 18.4 Å². The van der Waals surface area contributed by atoms with Gasteiger partial charge in [-0.2, -0.15) is 13.2 Å². The number of urea groups is 1. The standard InChI is InChI=1S/C26H29ClF3N5O2/c1-16(33-24(36)18-5-3-2-4-6-18)19-13-21(27)23(32-14-19)17-9-11-35(12-10-17)25(37)34-22-8-7-20(15-31-22)26(28,29)30/h7-9,13-16,18H,2-6,10-12H2,1H3,(H,33,36)(H,31,34,37). The molecule has 2 aliphatic rings. The molecular formula is C26H29ClF3N5O2. The van der Waals surface area contributed by atoms with Gasteiger partial charge in [-0.3, -0.25) is 15.1 Å². The summed E-state index contributed by atoms with van der Waals surface area (Å²) in [4.78, 5) is 34.8. The molecule has 2 aromatic heterocycles. The van der Waals surface area contributed by atoms with Gasteiger partial charge in [0, 0.05) is 31.4 Å². The molecule has 1 unspecified atom stereocenters. The van der Waals surface area contributed by atoms with Crippen LogP contribution in [0, 0.1) is 5.92 Å². The molecule has 4 rings (SSSR count). The van der Waals surface area contributed by atoms with E-state index in [1.807, 2.05) is 19.1 Å². The van der Waals surface area contributed by atoms with Crippen molar-refractivity contribution in [3.05, 3.63) is 58.5 Å². The number of nitrogens with zero attached hydrogens (tertiary/aromatic N) is 3. The van der Waals surface area contributed by atoms with E-state index in [0.717, 1.165) is 49.0 Å². The van der Waals surface area contributed by atoms with Crippen molar-refractivity contribution in [1.29, 1.82) is 0 Å². The summed E-state index contributed by atoms with van der Waals surface area (Å²) >= 11 is 6.55. The van der Waals surface area contributed by atoms with Crippen LogP contribution < -0.4 is 10.6 Å². The number of aromatic nitrogens is 2. The maximum absolute atomic E-state index is 12.7. The second-order valence-corrected chi connectivity index (χ2v) is 9.86. The van der Waals surface area contributed by atoms with Crippen molar-refractivity contribution < 1.29 is 22.8 Å². The molecule has 0 spiro atoms. The van der Waals surface area contributed by atoms with Gasteiger partial charge in [0.2, 0.25) is 5.91 Å². The first kappa shape index (κ1) is 26.9. The average Bonchev–Trinajstić information content (AvgIpc) is 2.89. The fourth-order valence-corrected chi connectivity index (χ4v) is 4.89. The third-order valence-corrected chi connectivity index (χ3v) is 7.11. The van der Waals surface area contributed by atoms with Gasteiger partial charge in [-0.1, -0.05) is 36.9 Å². The second-order valence-electron chi connectivity index (χ2n) is 9.45. The number of nitrogens with one attached hydrogen (secondary N) is 2. The molecule has 1 saturated carbocycles. The Morgan fingerprint density at radius 1 is 1.14 bits per heavy atom. The third-order valence-electron chi connectivity index (χ3n) is 6.82. The molecule has 2 aromatic rings. The molecule has 1 aliphatic carbocycles. The Bertz CT molecular complexity index is 1160.